The van der Waals surface area contributed by atoms with Crippen molar-refractivity contribution in [1.29, 1.82) is 0 Å². The Morgan fingerprint density at radius 3 is 2.31 bits per heavy atom. The maximum atomic E-state index is 13.4. The molecule has 0 aromatic rings. The normalized spacial score (nSPS) is 35.3. The van der Waals surface area contributed by atoms with Crippen LogP contribution in [0.1, 0.15) is 26.2 Å². The molecule has 1 unspecified atom stereocenters. The van der Waals surface area contributed by atoms with Gasteiger partial charge in [-0.3, -0.25) is 19.3 Å². The topological polar surface area (TPSA) is 187 Å². The Bertz CT molecular complexity index is 1100. The van der Waals surface area contributed by atoms with Crippen LogP contribution in [-0.2, 0) is 14.4 Å². The van der Waals surface area contributed by atoms with Crippen LogP contribution in [0, 0.1) is 11.8 Å². The van der Waals surface area contributed by atoms with E-state index in [2.05, 4.69) is 0 Å². The number of nitrogens with zero attached hydrogens (tertiary/aromatic N) is 1. The van der Waals surface area contributed by atoms with Crippen molar-refractivity contribution in [3.63, 3.8) is 0 Å². The van der Waals surface area contributed by atoms with Gasteiger partial charge in [-0.1, -0.05) is 5.57 Å². The third-order valence-electron chi connectivity index (χ3n) is 7.27. The molecule has 4 rings (SSSR count). The number of hydrogen-bond acceptors (Lipinski definition) is 9. The summed E-state index contributed by atoms with van der Waals surface area (Å²) in [5.41, 5.74) is 9.09. The van der Waals surface area contributed by atoms with E-state index in [1.165, 1.54) is 4.90 Å². The Morgan fingerprint density at radius 2 is 1.75 bits per heavy atom. The predicted octanol–water partition coefficient (Wildman–Crippen LogP) is -0.192. The molecule has 1 fully saturated rings. The summed E-state index contributed by atoms with van der Waals surface area (Å²) in [5, 5.41) is 43.9. The molecule has 0 bridgehead atoms. The molecule has 0 radical (unpaired) electrons. The summed E-state index contributed by atoms with van der Waals surface area (Å²) in [5.74, 6) is -6.55. The first kappa shape index (κ1) is 22.3. The molecule has 10 nitrogen and oxygen atoms in total. The van der Waals surface area contributed by atoms with Crippen LogP contribution in [0.25, 0.3) is 0 Å². The summed E-state index contributed by atoms with van der Waals surface area (Å²) >= 11 is 0. The van der Waals surface area contributed by atoms with E-state index in [0.29, 0.717) is 12.0 Å². The number of allylic oxidation sites excluding steroid dienone is 3. The number of Topliss-reactive ketones (excluding diaryl/α,β-unsaturated/α-hetero) is 2. The molecule has 172 valence electrons. The minimum atomic E-state index is -2.63. The molecule has 4 aliphatic rings. The van der Waals surface area contributed by atoms with E-state index in [4.69, 9.17) is 11.5 Å². The van der Waals surface area contributed by atoms with Crippen LogP contribution in [0.15, 0.2) is 45.1 Å². The monoisotopic (exact) mass is 445 g/mol. The number of amides is 1. The van der Waals surface area contributed by atoms with Crippen LogP contribution in [0.4, 0.5) is 0 Å². The zero-order valence-electron chi connectivity index (χ0n) is 18.0. The Kier molecular flexibility index (Phi) is 4.89. The van der Waals surface area contributed by atoms with Crippen LogP contribution in [0.3, 0.4) is 0 Å². The van der Waals surface area contributed by atoms with Gasteiger partial charge in [-0.05, 0) is 51.8 Å². The lowest BCUT2D eigenvalue weighted by molar-refractivity contribution is -0.149. The van der Waals surface area contributed by atoms with Crippen LogP contribution >= 0.6 is 0 Å². The summed E-state index contributed by atoms with van der Waals surface area (Å²) < 4.78 is 0. The SMILES string of the molecule is CC1=C2C[C@H]3C[C@H]4[C@H](N(C)C)C(O)=C(C(N)=O)C(=O)[C@@]4(O)C(O)=C3C(=O)C2=C(O)C(N)C1. The average Bonchev–Trinajstić information content (AvgIpc) is 2.68. The molecule has 0 saturated heterocycles. The average molecular weight is 445 g/mol. The van der Waals surface area contributed by atoms with Crippen LogP contribution < -0.4 is 11.5 Å². The summed E-state index contributed by atoms with van der Waals surface area (Å²) in [6, 6.07) is -1.77. The fourth-order valence-corrected chi connectivity index (χ4v) is 5.78. The second kappa shape index (κ2) is 7.03. The second-order valence-corrected chi connectivity index (χ2v) is 9.29. The van der Waals surface area contributed by atoms with E-state index in [1.807, 2.05) is 6.92 Å². The van der Waals surface area contributed by atoms with Crippen molar-refractivity contribution in [2.45, 2.75) is 43.9 Å². The minimum Gasteiger partial charge on any atom is -0.510 e. The Morgan fingerprint density at radius 1 is 1.12 bits per heavy atom. The van der Waals surface area contributed by atoms with Crippen molar-refractivity contribution in [1.82, 2.24) is 4.90 Å². The van der Waals surface area contributed by atoms with Crippen molar-refractivity contribution in [3.8, 4) is 0 Å². The fourth-order valence-electron chi connectivity index (χ4n) is 5.78. The molecule has 1 amide bonds. The lowest BCUT2D eigenvalue weighted by Gasteiger charge is -2.50. The van der Waals surface area contributed by atoms with Gasteiger partial charge in [-0.25, -0.2) is 0 Å². The lowest BCUT2D eigenvalue weighted by Crippen LogP contribution is -2.63. The molecule has 0 spiro atoms. The quantitative estimate of drug-likeness (QED) is 0.313. The van der Waals surface area contributed by atoms with E-state index in [-0.39, 0.29) is 29.7 Å². The Hall–Kier alpha value is -2.95. The molecule has 8 N–H and O–H groups in total. The summed E-state index contributed by atoms with van der Waals surface area (Å²) in [6.07, 6.45) is 0.744. The molecule has 0 aromatic carbocycles. The molecule has 5 atom stereocenters. The van der Waals surface area contributed by atoms with Gasteiger partial charge in [0.25, 0.3) is 5.91 Å². The van der Waals surface area contributed by atoms with Crippen molar-refractivity contribution in [3.05, 3.63) is 45.1 Å². The second-order valence-electron chi connectivity index (χ2n) is 9.29. The maximum absolute atomic E-state index is 13.4. The van der Waals surface area contributed by atoms with Gasteiger partial charge in [0.1, 0.15) is 22.9 Å². The van der Waals surface area contributed by atoms with E-state index in [1.54, 1.807) is 14.1 Å². The van der Waals surface area contributed by atoms with Gasteiger partial charge >= 0.3 is 0 Å². The van der Waals surface area contributed by atoms with E-state index >= 15 is 0 Å². The standard InChI is InChI=1S/C22H27N3O7/c1-7-4-11(23)16(26)13-9(7)5-8-6-10-15(25(2)3)18(28)14(21(24)31)20(30)22(10,32)19(29)12(8)17(13)27/h8,10-11,15,26,28-29,32H,4-6,23H2,1-3H3,(H2,24,31)/t8-,10-,11?,15-,22-/m0/s1. The van der Waals surface area contributed by atoms with Gasteiger partial charge in [0.15, 0.2) is 11.4 Å². The van der Waals surface area contributed by atoms with Gasteiger partial charge in [0.05, 0.1) is 17.7 Å². The fraction of sp³-hybridized carbons (Fsp3) is 0.500. The first-order chi connectivity index (χ1) is 14.8. The number of aliphatic hydroxyl groups is 4. The number of aliphatic hydroxyl groups excluding tert-OH is 3. The third kappa shape index (κ3) is 2.66. The zero-order valence-corrected chi connectivity index (χ0v) is 18.0. The van der Waals surface area contributed by atoms with Crippen LogP contribution in [0.2, 0.25) is 0 Å². The summed E-state index contributed by atoms with van der Waals surface area (Å²) in [7, 11) is 3.18. The zero-order chi connectivity index (χ0) is 23.9. The lowest BCUT2D eigenvalue weighted by atomic mass is 9.57. The summed E-state index contributed by atoms with van der Waals surface area (Å²) in [6.45, 7) is 1.82. The first-order valence-electron chi connectivity index (χ1n) is 10.4. The van der Waals surface area contributed by atoms with Crippen LogP contribution in [0.5, 0.6) is 0 Å². The van der Waals surface area contributed by atoms with Crippen molar-refractivity contribution in [2.24, 2.45) is 23.3 Å². The molecule has 10 heteroatoms. The Labute approximate surface area is 184 Å². The highest BCUT2D eigenvalue weighted by atomic mass is 16.3. The third-order valence-corrected chi connectivity index (χ3v) is 7.27. The number of primary amides is 1. The highest BCUT2D eigenvalue weighted by molar-refractivity contribution is 6.24. The van der Waals surface area contributed by atoms with Crippen LogP contribution in [-0.4, -0.2) is 74.6 Å². The van der Waals surface area contributed by atoms with Crippen molar-refractivity contribution in [2.75, 3.05) is 14.1 Å². The Balaban J connectivity index is 1.96. The molecule has 1 saturated carbocycles. The minimum absolute atomic E-state index is 0.0120. The van der Waals surface area contributed by atoms with E-state index in [0.717, 1.165) is 5.57 Å². The van der Waals surface area contributed by atoms with Gasteiger partial charge < -0.3 is 31.9 Å². The smallest absolute Gasteiger partial charge is 0.255 e. The number of hydrogen-bond donors (Lipinski definition) is 6. The predicted molar refractivity (Wildman–Crippen MR) is 112 cm³/mol. The maximum Gasteiger partial charge on any atom is 0.255 e. The number of rotatable bonds is 2. The molecule has 0 aromatic heterocycles. The van der Waals surface area contributed by atoms with Crippen molar-refractivity contribution < 1.29 is 34.8 Å². The number of ketones is 2. The molecule has 0 aliphatic heterocycles. The van der Waals surface area contributed by atoms with E-state index in [9.17, 15) is 34.8 Å². The summed E-state index contributed by atoms with van der Waals surface area (Å²) in [4.78, 5) is 40.0. The number of carbonyl (C=O) groups excluding carboxylic acids is 3. The highest BCUT2D eigenvalue weighted by Gasteiger charge is 2.63. The largest absolute Gasteiger partial charge is 0.510 e. The molecular weight excluding hydrogens is 418 g/mol. The number of fused-ring (bicyclic) bond motifs is 3. The molecule has 4 aliphatic carbocycles. The first-order valence-corrected chi connectivity index (χ1v) is 10.4. The van der Waals surface area contributed by atoms with Gasteiger partial charge in [0, 0.05) is 11.5 Å². The van der Waals surface area contributed by atoms with Gasteiger partial charge in [0.2, 0.25) is 5.78 Å². The van der Waals surface area contributed by atoms with Crippen molar-refractivity contribution >= 4 is 17.5 Å². The molecular formula is C22H27N3O7. The van der Waals surface area contributed by atoms with E-state index < -0.39 is 64.1 Å². The number of nitrogens with two attached hydrogens (primary N) is 2. The number of likely N-dealkylation sites (N-methyl/N-ethyl adjacent to an activating group) is 1. The number of carbonyl (C=O) groups is 3. The molecule has 32 heavy (non-hydrogen) atoms. The highest BCUT2D eigenvalue weighted by Crippen LogP contribution is 2.54. The van der Waals surface area contributed by atoms with Gasteiger partial charge in [-0.15, -0.1) is 0 Å². The van der Waals surface area contributed by atoms with Gasteiger partial charge in [-0.2, -0.15) is 0 Å². The molecule has 0 heterocycles.